The topological polar surface area (TPSA) is 76.1 Å². The number of carbonyl (C=O) groups is 3. The lowest BCUT2D eigenvalue weighted by Gasteiger charge is -2.02. The van der Waals surface area contributed by atoms with Crippen LogP contribution in [-0.2, 0) is 9.59 Å². The van der Waals surface area contributed by atoms with Gasteiger partial charge >= 0.3 is 0 Å². The van der Waals surface area contributed by atoms with Crippen molar-refractivity contribution in [3.8, 4) is 0 Å². The zero-order valence-corrected chi connectivity index (χ0v) is 8.90. The summed E-state index contributed by atoms with van der Waals surface area (Å²) in [5.74, 6) is -1.29. The fourth-order valence-electron chi connectivity index (χ4n) is 1.05. The first-order chi connectivity index (χ1) is 7.63. The maximum Gasteiger partial charge on any atom is 0.257 e. The Bertz CT molecular complexity index is 401. The molecule has 0 atom stereocenters. The first-order valence-corrected chi connectivity index (χ1v) is 4.89. The second-order valence-electron chi connectivity index (χ2n) is 3.18. The van der Waals surface area contributed by atoms with E-state index in [1.54, 1.807) is 6.92 Å². The van der Waals surface area contributed by atoms with Crippen molar-refractivity contribution in [1.29, 1.82) is 0 Å². The highest BCUT2D eigenvalue weighted by Crippen LogP contribution is 1.96. The van der Waals surface area contributed by atoms with Gasteiger partial charge in [0.1, 0.15) is 5.78 Å². The number of aromatic nitrogens is 1. The fraction of sp³-hybridized carbons (Fsp3) is 0.273. The summed E-state index contributed by atoms with van der Waals surface area (Å²) in [6.07, 6.45) is 2.94. The van der Waals surface area contributed by atoms with Crippen molar-refractivity contribution in [3.05, 3.63) is 30.1 Å². The number of pyridine rings is 1. The molecule has 0 radical (unpaired) electrons. The lowest BCUT2D eigenvalue weighted by molar-refractivity contribution is -0.127. The molecule has 0 aliphatic heterocycles. The van der Waals surface area contributed by atoms with Crippen molar-refractivity contribution in [2.75, 3.05) is 0 Å². The minimum atomic E-state index is -0.575. The molecule has 84 valence electrons. The van der Waals surface area contributed by atoms with Gasteiger partial charge < -0.3 is 0 Å². The standard InChI is InChI=1S/C11H12N2O3/c1-2-9(14)7-10(15)13-11(16)8-3-5-12-6-4-8/h3-6H,2,7H2,1H3,(H,13,15,16). The van der Waals surface area contributed by atoms with Gasteiger partial charge in [-0.1, -0.05) is 6.92 Å². The molecule has 0 spiro atoms. The van der Waals surface area contributed by atoms with Gasteiger partial charge in [-0.05, 0) is 12.1 Å². The van der Waals surface area contributed by atoms with Crippen LogP contribution in [0, 0.1) is 0 Å². The quantitative estimate of drug-likeness (QED) is 0.758. The molecule has 0 unspecified atom stereocenters. The van der Waals surface area contributed by atoms with Crippen LogP contribution < -0.4 is 5.32 Å². The van der Waals surface area contributed by atoms with E-state index in [0.29, 0.717) is 5.56 Å². The van der Waals surface area contributed by atoms with E-state index >= 15 is 0 Å². The fourth-order valence-corrected chi connectivity index (χ4v) is 1.05. The van der Waals surface area contributed by atoms with E-state index in [-0.39, 0.29) is 18.6 Å². The molecule has 1 heterocycles. The van der Waals surface area contributed by atoms with Gasteiger partial charge in [-0.3, -0.25) is 24.7 Å². The number of carbonyl (C=O) groups excluding carboxylic acids is 3. The molecule has 0 fully saturated rings. The summed E-state index contributed by atoms with van der Waals surface area (Å²) in [5, 5.41) is 2.13. The smallest absolute Gasteiger partial charge is 0.257 e. The second kappa shape index (κ2) is 5.75. The van der Waals surface area contributed by atoms with E-state index in [9.17, 15) is 14.4 Å². The molecule has 1 N–H and O–H groups in total. The summed E-state index contributed by atoms with van der Waals surface area (Å²) >= 11 is 0. The van der Waals surface area contributed by atoms with Gasteiger partial charge in [0.15, 0.2) is 0 Å². The predicted molar refractivity (Wildman–Crippen MR) is 56.6 cm³/mol. The maximum atomic E-state index is 11.5. The zero-order chi connectivity index (χ0) is 12.0. The Morgan fingerprint density at radius 2 is 1.88 bits per heavy atom. The number of Topliss-reactive ketones (excluding diaryl/α,β-unsaturated/α-hetero) is 1. The van der Waals surface area contributed by atoms with Crippen LogP contribution in [0.1, 0.15) is 30.1 Å². The molecule has 0 saturated heterocycles. The number of imide groups is 1. The number of rotatable bonds is 4. The Morgan fingerprint density at radius 1 is 1.25 bits per heavy atom. The van der Waals surface area contributed by atoms with Crippen LogP contribution in [0.3, 0.4) is 0 Å². The summed E-state index contributed by atoms with van der Waals surface area (Å²) < 4.78 is 0. The summed E-state index contributed by atoms with van der Waals surface area (Å²) in [6.45, 7) is 1.67. The monoisotopic (exact) mass is 220 g/mol. The van der Waals surface area contributed by atoms with Gasteiger partial charge in [0.05, 0.1) is 6.42 Å². The predicted octanol–water partition coefficient (Wildman–Crippen LogP) is 0.707. The van der Waals surface area contributed by atoms with Crippen LogP contribution in [0.5, 0.6) is 0 Å². The highest BCUT2D eigenvalue weighted by atomic mass is 16.2. The third-order valence-electron chi connectivity index (χ3n) is 1.95. The molecule has 0 aliphatic rings. The summed E-state index contributed by atoms with van der Waals surface area (Å²) in [4.78, 5) is 37.4. The Balaban J connectivity index is 2.52. The molecule has 16 heavy (non-hydrogen) atoms. The molecular weight excluding hydrogens is 208 g/mol. The Kier molecular flexibility index (Phi) is 4.32. The van der Waals surface area contributed by atoms with E-state index in [0.717, 1.165) is 0 Å². The maximum absolute atomic E-state index is 11.5. The number of nitrogens with zero attached hydrogens (tertiary/aromatic N) is 1. The van der Waals surface area contributed by atoms with Gasteiger partial charge in [-0.25, -0.2) is 0 Å². The van der Waals surface area contributed by atoms with Crippen molar-refractivity contribution in [2.45, 2.75) is 19.8 Å². The lowest BCUT2D eigenvalue weighted by atomic mass is 10.2. The lowest BCUT2D eigenvalue weighted by Crippen LogP contribution is -2.31. The third kappa shape index (κ3) is 3.61. The Labute approximate surface area is 92.9 Å². The molecule has 0 bridgehead atoms. The van der Waals surface area contributed by atoms with Crippen molar-refractivity contribution >= 4 is 17.6 Å². The Hall–Kier alpha value is -2.04. The number of hydrogen-bond donors (Lipinski definition) is 1. The number of ketones is 1. The van der Waals surface area contributed by atoms with Gasteiger partial charge in [-0.2, -0.15) is 0 Å². The normalized spacial score (nSPS) is 9.56. The first-order valence-electron chi connectivity index (χ1n) is 4.89. The number of amides is 2. The van der Waals surface area contributed by atoms with Crippen LogP contribution in [0.25, 0.3) is 0 Å². The average molecular weight is 220 g/mol. The van der Waals surface area contributed by atoms with E-state index in [1.165, 1.54) is 24.5 Å². The Morgan fingerprint density at radius 3 is 2.44 bits per heavy atom. The van der Waals surface area contributed by atoms with Crippen LogP contribution in [0.15, 0.2) is 24.5 Å². The second-order valence-corrected chi connectivity index (χ2v) is 3.18. The largest absolute Gasteiger partial charge is 0.299 e. The van der Waals surface area contributed by atoms with E-state index in [1.807, 2.05) is 0 Å². The van der Waals surface area contributed by atoms with Crippen LogP contribution in [0.2, 0.25) is 0 Å². The summed E-state index contributed by atoms with van der Waals surface area (Å²) in [7, 11) is 0. The van der Waals surface area contributed by atoms with Crippen molar-refractivity contribution in [2.24, 2.45) is 0 Å². The minimum Gasteiger partial charge on any atom is -0.299 e. The molecule has 1 aromatic heterocycles. The molecule has 1 rings (SSSR count). The van der Waals surface area contributed by atoms with Crippen LogP contribution >= 0.6 is 0 Å². The van der Waals surface area contributed by atoms with E-state index in [2.05, 4.69) is 10.3 Å². The number of hydrogen-bond acceptors (Lipinski definition) is 4. The van der Waals surface area contributed by atoms with Crippen LogP contribution in [0.4, 0.5) is 0 Å². The SMILES string of the molecule is CCC(=O)CC(=O)NC(=O)c1ccncc1. The molecule has 5 heteroatoms. The van der Waals surface area contributed by atoms with Crippen LogP contribution in [-0.4, -0.2) is 22.6 Å². The highest BCUT2D eigenvalue weighted by Gasteiger charge is 2.12. The van der Waals surface area contributed by atoms with Gasteiger partial charge in [0.2, 0.25) is 5.91 Å². The summed E-state index contributed by atoms with van der Waals surface area (Å²) in [6, 6.07) is 2.98. The van der Waals surface area contributed by atoms with Crippen molar-refractivity contribution in [3.63, 3.8) is 0 Å². The van der Waals surface area contributed by atoms with Crippen molar-refractivity contribution in [1.82, 2.24) is 10.3 Å². The van der Waals surface area contributed by atoms with Gasteiger partial charge in [0, 0.05) is 24.4 Å². The van der Waals surface area contributed by atoms with E-state index in [4.69, 9.17) is 0 Å². The van der Waals surface area contributed by atoms with Gasteiger partial charge in [-0.15, -0.1) is 0 Å². The summed E-state index contributed by atoms with van der Waals surface area (Å²) in [5.41, 5.74) is 0.340. The molecule has 0 saturated carbocycles. The van der Waals surface area contributed by atoms with Gasteiger partial charge in [0.25, 0.3) is 5.91 Å². The third-order valence-corrected chi connectivity index (χ3v) is 1.95. The van der Waals surface area contributed by atoms with Crippen molar-refractivity contribution < 1.29 is 14.4 Å². The first kappa shape index (κ1) is 12.0. The zero-order valence-electron chi connectivity index (χ0n) is 8.90. The van der Waals surface area contributed by atoms with E-state index < -0.39 is 11.8 Å². The highest BCUT2D eigenvalue weighted by molar-refractivity contribution is 6.09. The number of nitrogens with one attached hydrogen (secondary N) is 1. The minimum absolute atomic E-state index is 0.194. The molecule has 2 amide bonds. The molecule has 0 aromatic carbocycles. The molecule has 5 nitrogen and oxygen atoms in total. The molecule has 0 aliphatic carbocycles. The molecule has 1 aromatic rings. The average Bonchev–Trinajstić information content (AvgIpc) is 2.29. The molecular formula is C11H12N2O3.